The van der Waals surface area contributed by atoms with E-state index in [1.165, 1.54) is 24.3 Å². The molecule has 0 unspecified atom stereocenters. The van der Waals surface area contributed by atoms with E-state index in [9.17, 15) is 32.0 Å². The van der Waals surface area contributed by atoms with Crippen molar-refractivity contribution in [1.29, 1.82) is 0 Å². The predicted octanol–water partition coefficient (Wildman–Crippen LogP) is 3.96. The monoisotopic (exact) mass is 562 g/mol. The van der Waals surface area contributed by atoms with E-state index < -0.39 is 45.8 Å². The number of sulfone groups is 2. The summed E-state index contributed by atoms with van der Waals surface area (Å²) in [6, 6.07) is 24.8. The molecule has 39 heavy (non-hydrogen) atoms. The van der Waals surface area contributed by atoms with Crippen molar-refractivity contribution < 1.29 is 40.7 Å². The number of benzene rings is 4. The topological polar surface area (TPSA) is 157 Å². The highest BCUT2D eigenvalue weighted by atomic mass is 32.3. The maximum absolute atomic E-state index is 13.1. The number of hydrogen-bond acceptors (Lipinski definition) is 8. The molecule has 4 rings (SSSR count). The van der Waals surface area contributed by atoms with Crippen LogP contribution in [0.5, 0.6) is 11.5 Å². The Hall–Kier alpha value is -4.90. The zero-order valence-corrected chi connectivity index (χ0v) is 21.5. The minimum Gasteiger partial charge on any atom is -0.423 e. The highest BCUT2D eigenvalue weighted by molar-refractivity contribution is 8.31. The second kappa shape index (κ2) is 11.2. The molecule has 4 aromatic rings. The zero-order valence-electron chi connectivity index (χ0n) is 19.9. The minimum atomic E-state index is -4.83. The van der Waals surface area contributed by atoms with Gasteiger partial charge in [0, 0.05) is 0 Å². The molecule has 0 amide bonds. The van der Waals surface area contributed by atoms with Crippen LogP contribution in [0.2, 0.25) is 0 Å². The van der Waals surface area contributed by atoms with Gasteiger partial charge in [-0.1, -0.05) is 36.4 Å². The quantitative estimate of drug-likeness (QED) is 0.0853. The fourth-order valence-corrected chi connectivity index (χ4v) is 6.65. The van der Waals surface area contributed by atoms with Crippen LogP contribution in [-0.2, 0) is 19.7 Å². The maximum atomic E-state index is 13.1. The number of ether oxygens (including phenoxy) is 2. The van der Waals surface area contributed by atoms with Gasteiger partial charge in [0.2, 0.25) is 0 Å². The number of esters is 2. The first-order chi connectivity index (χ1) is 18.6. The minimum absolute atomic E-state index is 0.00814. The Bertz CT molecular complexity index is 1650. The average molecular weight is 563 g/mol. The molecular weight excluding hydrogens is 544 g/mol. The van der Waals surface area contributed by atoms with Gasteiger partial charge in [0.25, 0.3) is 19.7 Å². The van der Waals surface area contributed by atoms with Gasteiger partial charge in [0.15, 0.2) is 0 Å². The summed E-state index contributed by atoms with van der Waals surface area (Å²) in [6.45, 7) is 0. The molecule has 0 saturated carbocycles. The number of carbonyl (C=O) groups excluding carboxylic acids is 2. The molecule has 0 heterocycles. The van der Waals surface area contributed by atoms with Crippen LogP contribution in [0.1, 0.15) is 20.7 Å². The van der Waals surface area contributed by atoms with Crippen molar-refractivity contribution in [3.8, 4) is 11.5 Å². The summed E-state index contributed by atoms with van der Waals surface area (Å²) in [7, 11) is -9.67. The largest absolute Gasteiger partial charge is 0.504 e. The van der Waals surface area contributed by atoms with Crippen molar-refractivity contribution >= 4 is 36.0 Å². The summed E-state index contributed by atoms with van der Waals surface area (Å²) in [6.07, 6.45) is 0. The Kier molecular flexibility index (Phi) is 7.82. The van der Waals surface area contributed by atoms with Crippen LogP contribution < -0.4 is 9.47 Å². The van der Waals surface area contributed by atoms with Crippen LogP contribution in [0.4, 0.5) is 0 Å². The molecule has 0 aliphatic carbocycles. The van der Waals surface area contributed by atoms with Crippen molar-refractivity contribution in [3.05, 3.63) is 126 Å². The lowest BCUT2D eigenvalue weighted by Gasteiger charge is -2.07. The van der Waals surface area contributed by atoms with Gasteiger partial charge < -0.3 is 15.0 Å². The Morgan fingerprint density at radius 1 is 0.538 bits per heavy atom. The molecule has 196 valence electrons. The third kappa shape index (κ3) is 5.99. The summed E-state index contributed by atoms with van der Waals surface area (Å²) in [5, 5.41) is 0. The van der Waals surface area contributed by atoms with Crippen LogP contribution in [0.3, 0.4) is 0 Å². The van der Waals surface area contributed by atoms with E-state index in [0.29, 0.717) is 0 Å². The summed E-state index contributed by atoms with van der Waals surface area (Å²) >= 11 is 0. The van der Waals surface area contributed by atoms with Gasteiger partial charge in [-0.25, -0.2) is 26.4 Å². The molecule has 0 saturated heterocycles. The summed E-state index contributed by atoms with van der Waals surface area (Å²) in [4.78, 5) is 25.9. The Morgan fingerprint density at radius 2 is 0.872 bits per heavy atom. The maximum Gasteiger partial charge on any atom is 0.504 e. The lowest BCUT2D eigenvalue weighted by atomic mass is 10.2. The molecule has 10 nitrogen and oxygen atoms in total. The summed E-state index contributed by atoms with van der Waals surface area (Å²) in [5.74, 6) is -1.34. The van der Waals surface area contributed by atoms with Crippen LogP contribution in [0.25, 0.3) is 5.53 Å². The number of nitrogens with zero attached hydrogens (tertiary/aromatic N) is 2. The molecule has 0 aliphatic rings. The van der Waals surface area contributed by atoms with Crippen molar-refractivity contribution in [1.82, 2.24) is 0 Å². The number of carbonyl (C=O) groups is 2. The lowest BCUT2D eigenvalue weighted by molar-refractivity contribution is 0.00379. The van der Waals surface area contributed by atoms with Crippen LogP contribution in [0.15, 0.2) is 119 Å². The van der Waals surface area contributed by atoms with Gasteiger partial charge in [0.1, 0.15) is 11.5 Å². The molecule has 0 aliphatic heterocycles. The Labute approximate surface area is 223 Å². The highest BCUT2D eigenvalue weighted by Gasteiger charge is 2.44. The van der Waals surface area contributed by atoms with Crippen LogP contribution in [-0.4, -0.2) is 37.9 Å². The lowest BCUT2D eigenvalue weighted by Crippen LogP contribution is -2.26. The van der Waals surface area contributed by atoms with E-state index in [2.05, 4.69) is 4.79 Å². The molecule has 0 atom stereocenters. The summed E-state index contributed by atoms with van der Waals surface area (Å²) < 4.78 is 61.1. The van der Waals surface area contributed by atoms with Crippen molar-refractivity contribution in [2.45, 2.75) is 9.79 Å². The molecule has 0 N–H and O–H groups in total. The number of rotatable bonds is 6. The summed E-state index contributed by atoms with van der Waals surface area (Å²) in [5.41, 5.74) is 9.96. The Balaban J connectivity index is 1.52. The van der Waals surface area contributed by atoms with Gasteiger partial charge in [-0.05, 0) is 72.8 Å². The fourth-order valence-electron chi connectivity index (χ4n) is 3.31. The SMILES string of the molecule is [N-]=[N+]=C(S(=O)(=O)c1ccc(OC(=O)c2ccccc2)cc1)S(=O)(=O)c1ccc(OC(=O)c2ccccc2)cc1. The first kappa shape index (κ1) is 27.1. The van der Waals surface area contributed by atoms with Crippen LogP contribution >= 0.6 is 0 Å². The van der Waals surface area contributed by atoms with E-state index in [0.717, 1.165) is 48.5 Å². The zero-order chi connectivity index (χ0) is 28.0. The normalized spacial score (nSPS) is 11.2. The molecule has 0 aromatic heterocycles. The average Bonchev–Trinajstić information content (AvgIpc) is 2.94. The van der Waals surface area contributed by atoms with Gasteiger partial charge in [-0.3, -0.25) is 0 Å². The fraction of sp³-hybridized carbons (Fsp3) is 0. The molecule has 12 heteroatoms. The third-order valence-corrected chi connectivity index (χ3v) is 9.43. The van der Waals surface area contributed by atoms with E-state index in [-0.39, 0.29) is 22.6 Å². The van der Waals surface area contributed by atoms with Gasteiger partial charge in [0.05, 0.1) is 20.9 Å². The van der Waals surface area contributed by atoms with E-state index in [4.69, 9.17) is 9.47 Å². The van der Waals surface area contributed by atoms with Gasteiger partial charge >= 0.3 is 16.3 Å². The highest BCUT2D eigenvalue weighted by Crippen LogP contribution is 2.24. The standard InChI is InChI=1S/C27H18N2O8S2/c28-29-27(38(32,33)23-15-11-21(12-16-23)36-25(30)19-7-3-1-4-8-19)39(34,35)24-17-13-22(14-18-24)37-26(31)20-9-5-2-6-10-20/h1-18H. The van der Waals surface area contributed by atoms with Gasteiger partial charge in [-0.2, -0.15) is 0 Å². The molecule has 0 spiro atoms. The molecule has 4 aromatic carbocycles. The van der Waals surface area contributed by atoms with Crippen molar-refractivity contribution in [2.24, 2.45) is 0 Å². The first-order valence-corrected chi connectivity index (χ1v) is 14.1. The second-order valence-corrected chi connectivity index (χ2v) is 11.8. The van der Waals surface area contributed by atoms with Crippen LogP contribution in [0, 0.1) is 0 Å². The van der Waals surface area contributed by atoms with Crippen molar-refractivity contribution in [3.63, 3.8) is 0 Å². The van der Waals surface area contributed by atoms with Gasteiger partial charge in [-0.15, -0.1) is 4.79 Å². The van der Waals surface area contributed by atoms with E-state index >= 15 is 0 Å². The van der Waals surface area contributed by atoms with Crippen molar-refractivity contribution in [2.75, 3.05) is 0 Å². The Morgan fingerprint density at radius 3 is 1.18 bits per heavy atom. The molecule has 0 radical (unpaired) electrons. The van der Waals surface area contributed by atoms with E-state index in [1.54, 1.807) is 36.4 Å². The predicted molar refractivity (Wildman–Crippen MR) is 139 cm³/mol. The smallest absolute Gasteiger partial charge is 0.423 e. The second-order valence-electron chi connectivity index (χ2n) is 7.83. The van der Waals surface area contributed by atoms with E-state index in [1.807, 2.05) is 0 Å². The molecule has 0 fully saturated rings. The number of hydrogen-bond donors (Lipinski definition) is 0. The molecular formula is C27H18N2O8S2. The molecule has 0 bridgehead atoms. The first-order valence-electron chi connectivity index (χ1n) is 11.1. The third-order valence-electron chi connectivity index (χ3n) is 5.25.